The molecule has 6 heteroatoms. The van der Waals surface area contributed by atoms with Gasteiger partial charge >= 0.3 is 5.97 Å². The number of hydrogen-bond acceptors (Lipinski definition) is 2. The van der Waals surface area contributed by atoms with Crippen LogP contribution in [0.4, 0.5) is 8.78 Å². The summed E-state index contributed by atoms with van der Waals surface area (Å²) in [6.07, 6.45) is 3.31. The molecule has 0 unspecified atom stereocenters. The van der Waals surface area contributed by atoms with Crippen LogP contribution in [0.2, 0.25) is 0 Å². The molecule has 1 N–H and O–H groups in total. The largest absolute Gasteiger partial charge is 0.476 e. The monoisotopic (exact) mass is 292 g/mol. The molecule has 1 aliphatic rings. The van der Waals surface area contributed by atoms with Gasteiger partial charge in [-0.3, -0.25) is 0 Å². The van der Waals surface area contributed by atoms with Crippen molar-refractivity contribution in [1.29, 1.82) is 0 Å². The molecule has 1 aromatic carbocycles. The van der Waals surface area contributed by atoms with Crippen molar-refractivity contribution in [3.8, 4) is 11.4 Å². The normalized spacial score (nSPS) is 14.6. The molecular formula is C15H14F2N2O2. The van der Waals surface area contributed by atoms with Crippen LogP contribution in [0, 0.1) is 11.6 Å². The summed E-state index contributed by atoms with van der Waals surface area (Å²) in [5.74, 6) is -2.12. The summed E-state index contributed by atoms with van der Waals surface area (Å²) in [5.41, 5.74) is 0.542. The highest BCUT2D eigenvalue weighted by atomic mass is 19.1. The summed E-state index contributed by atoms with van der Waals surface area (Å²) >= 11 is 0. The van der Waals surface area contributed by atoms with Gasteiger partial charge in [0.15, 0.2) is 5.69 Å². The Bertz CT molecular complexity index is 710. The van der Waals surface area contributed by atoms with E-state index in [9.17, 15) is 18.7 Å². The zero-order valence-electron chi connectivity index (χ0n) is 11.3. The second kappa shape index (κ2) is 5.27. The number of carbonyl (C=O) groups is 1. The summed E-state index contributed by atoms with van der Waals surface area (Å²) in [6, 6.07) is 3.12. The van der Waals surface area contributed by atoms with Crippen molar-refractivity contribution in [3.63, 3.8) is 0 Å². The van der Waals surface area contributed by atoms with Gasteiger partial charge in [-0.2, -0.15) is 0 Å². The van der Waals surface area contributed by atoms with Gasteiger partial charge in [0.1, 0.15) is 17.5 Å². The first-order valence-corrected chi connectivity index (χ1v) is 6.86. The highest BCUT2D eigenvalue weighted by Crippen LogP contribution is 2.29. The molecule has 0 amide bonds. The maximum absolute atomic E-state index is 14.0. The summed E-state index contributed by atoms with van der Waals surface area (Å²) in [4.78, 5) is 15.4. The zero-order valence-corrected chi connectivity index (χ0v) is 11.3. The SMILES string of the molecule is O=C(O)c1nc(-c2cc(F)ccc2F)n2c1CCCCC2. The molecule has 21 heavy (non-hydrogen) atoms. The van der Waals surface area contributed by atoms with E-state index in [2.05, 4.69) is 4.98 Å². The van der Waals surface area contributed by atoms with E-state index in [1.165, 1.54) is 0 Å². The lowest BCUT2D eigenvalue weighted by atomic mass is 10.1. The Morgan fingerprint density at radius 3 is 2.81 bits per heavy atom. The molecule has 0 radical (unpaired) electrons. The van der Waals surface area contributed by atoms with Gasteiger partial charge in [0.05, 0.1) is 11.3 Å². The second-order valence-electron chi connectivity index (χ2n) is 5.12. The number of benzene rings is 1. The topological polar surface area (TPSA) is 55.1 Å². The number of carboxylic acid groups (broad SMARTS) is 1. The molecule has 4 nitrogen and oxygen atoms in total. The molecule has 0 saturated heterocycles. The highest BCUT2D eigenvalue weighted by molar-refractivity contribution is 5.88. The van der Waals surface area contributed by atoms with Gasteiger partial charge in [0, 0.05) is 6.54 Å². The third kappa shape index (κ3) is 2.41. The molecule has 0 spiro atoms. The first kappa shape index (κ1) is 13.7. The van der Waals surface area contributed by atoms with Crippen LogP contribution < -0.4 is 0 Å². The van der Waals surface area contributed by atoms with E-state index in [-0.39, 0.29) is 17.1 Å². The molecule has 1 aliphatic heterocycles. The quantitative estimate of drug-likeness (QED) is 0.924. The van der Waals surface area contributed by atoms with Crippen LogP contribution in [0.1, 0.15) is 35.4 Å². The average molecular weight is 292 g/mol. The van der Waals surface area contributed by atoms with Gasteiger partial charge in [-0.1, -0.05) is 6.42 Å². The minimum atomic E-state index is -1.14. The van der Waals surface area contributed by atoms with Crippen molar-refractivity contribution in [2.24, 2.45) is 0 Å². The summed E-state index contributed by atoms with van der Waals surface area (Å²) < 4.78 is 29.1. The van der Waals surface area contributed by atoms with Gasteiger partial charge in [0.2, 0.25) is 0 Å². The Labute approximate surface area is 120 Å². The van der Waals surface area contributed by atoms with Crippen molar-refractivity contribution in [1.82, 2.24) is 9.55 Å². The van der Waals surface area contributed by atoms with Crippen LogP contribution in [0.15, 0.2) is 18.2 Å². The van der Waals surface area contributed by atoms with E-state index < -0.39 is 17.6 Å². The lowest BCUT2D eigenvalue weighted by Gasteiger charge is -2.09. The molecule has 3 rings (SSSR count). The fraction of sp³-hybridized carbons (Fsp3) is 0.333. The van der Waals surface area contributed by atoms with Gasteiger partial charge in [-0.25, -0.2) is 18.6 Å². The van der Waals surface area contributed by atoms with E-state index >= 15 is 0 Å². The van der Waals surface area contributed by atoms with Gasteiger partial charge < -0.3 is 9.67 Å². The molecule has 0 atom stereocenters. The van der Waals surface area contributed by atoms with E-state index in [0.29, 0.717) is 18.7 Å². The minimum Gasteiger partial charge on any atom is -0.476 e. The van der Waals surface area contributed by atoms with E-state index in [4.69, 9.17) is 0 Å². The number of imidazole rings is 1. The predicted octanol–water partition coefficient (Wildman–Crippen LogP) is 3.25. The van der Waals surface area contributed by atoms with E-state index in [0.717, 1.165) is 37.5 Å². The number of carboxylic acids is 1. The molecule has 0 aliphatic carbocycles. The Kier molecular flexibility index (Phi) is 3.45. The lowest BCUT2D eigenvalue weighted by molar-refractivity contribution is 0.0689. The molecule has 1 aromatic heterocycles. The Balaban J connectivity index is 2.23. The number of hydrogen-bond donors (Lipinski definition) is 1. The average Bonchev–Trinajstić information content (AvgIpc) is 2.64. The van der Waals surface area contributed by atoms with Crippen molar-refractivity contribution < 1.29 is 18.7 Å². The van der Waals surface area contributed by atoms with Crippen molar-refractivity contribution >= 4 is 5.97 Å². The fourth-order valence-corrected chi connectivity index (χ4v) is 2.77. The summed E-state index contributed by atoms with van der Waals surface area (Å²) in [6.45, 7) is 0.570. The van der Waals surface area contributed by atoms with E-state index in [1.54, 1.807) is 4.57 Å². The molecule has 0 fully saturated rings. The van der Waals surface area contributed by atoms with Crippen molar-refractivity contribution in [3.05, 3.63) is 41.2 Å². The number of nitrogens with zero attached hydrogens (tertiary/aromatic N) is 2. The van der Waals surface area contributed by atoms with Gasteiger partial charge in [-0.15, -0.1) is 0 Å². The van der Waals surface area contributed by atoms with Crippen molar-refractivity contribution in [2.45, 2.75) is 32.2 Å². The second-order valence-corrected chi connectivity index (χ2v) is 5.12. The zero-order chi connectivity index (χ0) is 15.0. The lowest BCUT2D eigenvalue weighted by Crippen LogP contribution is -2.06. The standard InChI is InChI=1S/C15H14F2N2O2/c16-9-5-6-11(17)10(8-9)14-18-13(15(20)21)12-4-2-1-3-7-19(12)14/h5-6,8H,1-4,7H2,(H,20,21). The first-order chi connectivity index (χ1) is 10.1. The Morgan fingerprint density at radius 1 is 1.24 bits per heavy atom. The number of fused-ring (bicyclic) bond motifs is 1. The number of aromatic carboxylic acids is 1. The van der Waals surface area contributed by atoms with Crippen LogP contribution in [-0.4, -0.2) is 20.6 Å². The van der Waals surface area contributed by atoms with Crippen molar-refractivity contribution in [2.75, 3.05) is 0 Å². The number of aromatic nitrogens is 2. The Morgan fingerprint density at radius 2 is 2.05 bits per heavy atom. The Hall–Kier alpha value is -2.24. The van der Waals surface area contributed by atoms with Crippen LogP contribution in [0.3, 0.4) is 0 Å². The third-order valence-corrected chi connectivity index (χ3v) is 3.74. The maximum atomic E-state index is 14.0. The predicted molar refractivity (Wildman–Crippen MR) is 72.1 cm³/mol. The molecule has 2 heterocycles. The number of halogens is 2. The van der Waals surface area contributed by atoms with Crippen LogP contribution >= 0.6 is 0 Å². The molecule has 2 aromatic rings. The highest BCUT2D eigenvalue weighted by Gasteiger charge is 2.25. The minimum absolute atomic E-state index is 0.00523. The van der Waals surface area contributed by atoms with Crippen LogP contribution in [-0.2, 0) is 13.0 Å². The van der Waals surface area contributed by atoms with Crippen LogP contribution in [0.25, 0.3) is 11.4 Å². The molecule has 110 valence electrons. The number of rotatable bonds is 2. The smallest absolute Gasteiger partial charge is 0.356 e. The van der Waals surface area contributed by atoms with Crippen LogP contribution in [0.5, 0.6) is 0 Å². The van der Waals surface area contributed by atoms with Gasteiger partial charge in [-0.05, 0) is 37.5 Å². The summed E-state index contributed by atoms with van der Waals surface area (Å²) in [7, 11) is 0. The molecular weight excluding hydrogens is 278 g/mol. The molecule has 0 saturated carbocycles. The fourth-order valence-electron chi connectivity index (χ4n) is 2.77. The summed E-state index contributed by atoms with van der Waals surface area (Å²) in [5, 5.41) is 9.27. The third-order valence-electron chi connectivity index (χ3n) is 3.74. The first-order valence-electron chi connectivity index (χ1n) is 6.86. The maximum Gasteiger partial charge on any atom is 0.356 e. The van der Waals surface area contributed by atoms with Gasteiger partial charge in [0.25, 0.3) is 0 Å². The molecule has 0 bridgehead atoms. The van der Waals surface area contributed by atoms with E-state index in [1.807, 2.05) is 0 Å².